The van der Waals surface area contributed by atoms with Gasteiger partial charge in [-0.2, -0.15) is 0 Å². The van der Waals surface area contributed by atoms with Crippen molar-refractivity contribution in [3.05, 3.63) is 34.4 Å². The molecule has 0 unspecified atom stereocenters. The van der Waals surface area contributed by atoms with Crippen LogP contribution in [0.2, 0.25) is 0 Å². The Bertz CT molecular complexity index is 391. The maximum absolute atomic E-state index is 5.63. The molecule has 0 N–H and O–H groups in total. The molecule has 0 aromatic heterocycles. The summed E-state index contributed by atoms with van der Waals surface area (Å²) >= 11 is 0. The third kappa shape index (κ3) is 1.24. The van der Waals surface area contributed by atoms with E-state index in [-0.39, 0.29) is 5.41 Å². The molecule has 0 saturated heterocycles. The second-order valence-corrected chi connectivity index (χ2v) is 4.50. The van der Waals surface area contributed by atoms with Crippen LogP contribution in [0.15, 0.2) is 12.1 Å². The zero-order valence-electron chi connectivity index (χ0n) is 9.15. The molecule has 0 aliphatic heterocycles. The van der Waals surface area contributed by atoms with E-state index in [0.29, 0.717) is 0 Å². The summed E-state index contributed by atoms with van der Waals surface area (Å²) in [6.07, 6.45) is 7.95. The largest absolute Gasteiger partial charge is 0.119 e. The van der Waals surface area contributed by atoms with Crippen LogP contribution in [-0.4, -0.2) is 0 Å². The molecule has 1 fully saturated rings. The Labute approximate surface area is 86.3 Å². The number of terminal acetylenes is 1. The van der Waals surface area contributed by atoms with Crippen LogP contribution in [0.25, 0.3) is 0 Å². The summed E-state index contributed by atoms with van der Waals surface area (Å²) < 4.78 is 0. The van der Waals surface area contributed by atoms with Crippen molar-refractivity contribution in [2.75, 3.05) is 0 Å². The monoisotopic (exact) mass is 184 g/mol. The highest BCUT2D eigenvalue weighted by atomic mass is 14.5. The van der Waals surface area contributed by atoms with E-state index in [1.54, 1.807) is 0 Å². The highest BCUT2D eigenvalue weighted by Crippen LogP contribution is 2.49. The summed E-state index contributed by atoms with van der Waals surface area (Å²) in [5.41, 5.74) is 5.54. The minimum Gasteiger partial charge on any atom is -0.119 e. The predicted molar refractivity (Wildman–Crippen MR) is 60.4 cm³/mol. The smallest absolute Gasteiger partial charge is 0.0566 e. The minimum atomic E-state index is 0.0852. The maximum Gasteiger partial charge on any atom is 0.0566 e. The molecule has 1 aromatic carbocycles. The van der Waals surface area contributed by atoms with E-state index < -0.39 is 0 Å². The van der Waals surface area contributed by atoms with Crippen LogP contribution in [0, 0.1) is 33.1 Å². The van der Waals surface area contributed by atoms with Crippen molar-refractivity contribution in [2.24, 2.45) is 0 Å². The third-order valence-corrected chi connectivity index (χ3v) is 3.18. The van der Waals surface area contributed by atoms with Crippen molar-refractivity contribution in [3.63, 3.8) is 0 Å². The van der Waals surface area contributed by atoms with E-state index >= 15 is 0 Å². The molecule has 0 bridgehead atoms. The highest BCUT2D eigenvalue weighted by Gasteiger charge is 2.44. The van der Waals surface area contributed by atoms with E-state index in [0.717, 1.165) is 12.8 Å². The van der Waals surface area contributed by atoms with Gasteiger partial charge in [-0.05, 0) is 50.3 Å². The van der Waals surface area contributed by atoms with Gasteiger partial charge in [0, 0.05) is 0 Å². The van der Waals surface area contributed by atoms with E-state index in [1.807, 2.05) is 0 Å². The lowest BCUT2D eigenvalue weighted by atomic mass is 9.87. The number of benzene rings is 1. The van der Waals surface area contributed by atoms with Crippen LogP contribution in [0.3, 0.4) is 0 Å². The molecule has 14 heavy (non-hydrogen) atoms. The summed E-state index contributed by atoms with van der Waals surface area (Å²) in [5.74, 6) is 2.97. The summed E-state index contributed by atoms with van der Waals surface area (Å²) in [5, 5.41) is 0. The standard InChI is InChI=1S/C14H16/c1-5-14(6-7-14)13-11(3)8-10(2)9-12(13)4/h1,8-9H,6-7H2,2-4H3. The zero-order chi connectivity index (χ0) is 10.3. The summed E-state index contributed by atoms with van der Waals surface area (Å²) in [7, 11) is 0. The zero-order valence-corrected chi connectivity index (χ0v) is 9.15. The Morgan fingerprint density at radius 1 is 1.14 bits per heavy atom. The van der Waals surface area contributed by atoms with Gasteiger partial charge in [-0.1, -0.05) is 23.6 Å². The van der Waals surface area contributed by atoms with Crippen LogP contribution in [0.4, 0.5) is 0 Å². The lowest BCUT2D eigenvalue weighted by Gasteiger charge is -2.16. The van der Waals surface area contributed by atoms with Gasteiger partial charge in [0.15, 0.2) is 0 Å². The molecule has 0 amide bonds. The van der Waals surface area contributed by atoms with E-state index in [1.165, 1.54) is 22.3 Å². The molecule has 0 nitrogen and oxygen atoms in total. The summed E-state index contributed by atoms with van der Waals surface area (Å²) in [6.45, 7) is 6.48. The third-order valence-electron chi connectivity index (χ3n) is 3.18. The molecule has 72 valence electrons. The fourth-order valence-electron chi connectivity index (χ4n) is 2.53. The molecule has 0 heteroatoms. The Morgan fingerprint density at radius 2 is 1.64 bits per heavy atom. The predicted octanol–water partition coefficient (Wildman–Crippen LogP) is 3.28. The van der Waals surface area contributed by atoms with E-state index in [2.05, 4.69) is 38.8 Å². The van der Waals surface area contributed by atoms with Crippen molar-refractivity contribution < 1.29 is 0 Å². The van der Waals surface area contributed by atoms with Gasteiger partial charge in [0.25, 0.3) is 0 Å². The number of hydrogen-bond donors (Lipinski definition) is 0. The average Bonchev–Trinajstić information content (AvgIpc) is 2.83. The first-order valence-electron chi connectivity index (χ1n) is 5.15. The Hall–Kier alpha value is -1.22. The number of rotatable bonds is 1. The van der Waals surface area contributed by atoms with Crippen LogP contribution >= 0.6 is 0 Å². The summed E-state index contributed by atoms with van der Waals surface area (Å²) in [6, 6.07) is 4.47. The Kier molecular flexibility index (Phi) is 1.93. The molecule has 0 radical (unpaired) electrons. The van der Waals surface area contributed by atoms with Crippen molar-refractivity contribution in [2.45, 2.75) is 39.0 Å². The maximum atomic E-state index is 5.63. The molecular weight excluding hydrogens is 168 g/mol. The first-order valence-corrected chi connectivity index (χ1v) is 5.15. The van der Waals surface area contributed by atoms with E-state index in [9.17, 15) is 0 Å². The van der Waals surface area contributed by atoms with Gasteiger partial charge < -0.3 is 0 Å². The lowest BCUT2D eigenvalue weighted by Crippen LogP contribution is -2.08. The average molecular weight is 184 g/mol. The molecule has 0 heterocycles. The molecule has 2 rings (SSSR count). The summed E-state index contributed by atoms with van der Waals surface area (Å²) in [4.78, 5) is 0. The lowest BCUT2D eigenvalue weighted by molar-refractivity contribution is 0.899. The van der Waals surface area contributed by atoms with Gasteiger partial charge in [-0.15, -0.1) is 6.42 Å². The number of aryl methyl sites for hydroxylation is 3. The Balaban J connectivity index is 2.60. The molecule has 1 aliphatic rings. The number of hydrogen-bond acceptors (Lipinski definition) is 0. The Morgan fingerprint density at radius 3 is 2.00 bits per heavy atom. The molecule has 0 spiro atoms. The van der Waals surface area contributed by atoms with Crippen LogP contribution in [0.5, 0.6) is 0 Å². The van der Waals surface area contributed by atoms with Crippen molar-refractivity contribution in [1.29, 1.82) is 0 Å². The fourth-order valence-corrected chi connectivity index (χ4v) is 2.53. The molecule has 1 aliphatic carbocycles. The van der Waals surface area contributed by atoms with Gasteiger partial charge in [-0.3, -0.25) is 0 Å². The SMILES string of the molecule is C#CC1(c2c(C)cc(C)cc2C)CC1. The topological polar surface area (TPSA) is 0 Å². The first-order chi connectivity index (χ1) is 6.59. The molecule has 1 saturated carbocycles. The van der Waals surface area contributed by atoms with Gasteiger partial charge in [0.1, 0.15) is 0 Å². The highest BCUT2D eigenvalue weighted by molar-refractivity contribution is 5.50. The quantitative estimate of drug-likeness (QED) is 0.588. The van der Waals surface area contributed by atoms with Crippen LogP contribution in [-0.2, 0) is 5.41 Å². The van der Waals surface area contributed by atoms with Gasteiger partial charge in [0.05, 0.1) is 5.41 Å². The van der Waals surface area contributed by atoms with Crippen LogP contribution in [0.1, 0.15) is 35.1 Å². The van der Waals surface area contributed by atoms with E-state index in [4.69, 9.17) is 6.42 Å². The first kappa shape index (κ1) is 9.34. The van der Waals surface area contributed by atoms with Gasteiger partial charge in [-0.25, -0.2) is 0 Å². The van der Waals surface area contributed by atoms with Gasteiger partial charge >= 0.3 is 0 Å². The second-order valence-electron chi connectivity index (χ2n) is 4.50. The second kappa shape index (κ2) is 2.89. The van der Waals surface area contributed by atoms with Crippen molar-refractivity contribution in [1.82, 2.24) is 0 Å². The molecule has 0 atom stereocenters. The van der Waals surface area contributed by atoms with Crippen molar-refractivity contribution in [3.8, 4) is 12.3 Å². The molecular formula is C14H16. The van der Waals surface area contributed by atoms with Crippen LogP contribution < -0.4 is 0 Å². The normalized spacial score (nSPS) is 17.6. The van der Waals surface area contributed by atoms with Crippen molar-refractivity contribution >= 4 is 0 Å². The minimum absolute atomic E-state index is 0.0852. The molecule has 1 aromatic rings. The van der Waals surface area contributed by atoms with Gasteiger partial charge in [0.2, 0.25) is 0 Å². The fraction of sp³-hybridized carbons (Fsp3) is 0.429.